The lowest BCUT2D eigenvalue weighted by Gasteiger charge is -2.22. The highest BCUT2D eigenvalue weighted by molar-refractivity contribution is 7.18. The van der Waals surface area contributed by atoms with Crippen LogP contribution in [0.25, 0.3) is 10.2 Å². The molecular weight excluding hydrogens is 286 g/mol. The topological polar surface area (TPSA) is 84.1 Å². The van der Waals surface area contributed by atoms with Gasteiger partial charge in [0.2, 0.25) is 11.9 Å². The molecule has 1 saturated heterocycles. The summed E-state index contributed by atoms with van der Waals surface area (Å²) in [6.07, 6.45) is 0.756. The van der Waals surface area contributed by atoms with E-state index < -0.39 is 5.41 Å². The van der Waals surface area contributed by atoms with Crippen LogP contribution >= 0.6 is 11.3 Å². The van der Waals surface area contributed by atoms with E-state index in [-0.39, 0.29) is 5.91 Å². The monoisotopic (exact) mass is 305 g/mol. The minimum absolute atomic E-state index is 0.245. The van der Waals surface area contributed by atoms with Crippen molar-refractivity contribution in [2.45, 2.75) is 20.3 Å². The summed E-state index contributed by atoms with van der Waals surface area (Å²) in [7, 11) is 1.81. The predicted molar refractivity (Wildman–Crippen MR) is 85.8 cm³/mol. The first kappa shape index (κ1) is 14.1. The molecule has 21 heavy (non-hydrogen) atoms. The highest BCUT2D eigenvalue weighted by Crippen LogP contribution is 2.37. The summed E-state index contributed by atoms with van der Waals surface area (Å²) in [5.41, 5.74) is 5.05. The summed E-state index contributed by atoms with van der Waals surface area (Å²) in [5.74, 6) is 1.25. The Labute approximate surface area is 127 Å². The molecule has 3 N–H and O–H groups in total. The Morgan fingerprint density at radius 3 is 2.90 bits per heavy atom. The van der Waals surface area contributed by atoms with Crippen LogP contribution in [-0.2, 0) is 4.79 Å². The first-order chi connectivity index (χ1) is 9.93. The summed E-state index contributed by atoms with van der Waals surface area (Å²) in [4.78, 5) is 25.0. The molecule has 1 atom stereocenters. The average molecular weight is 305 g/mol. The molecule has 0 aromatic carbocycles. The van der Waals surface area contributed by atoms with Gasteiger partial charge in [-0.15, -0.1) is 11.3 Å². The Morgan fingerprint density at radius 2 is 2.29 bits per heavy atom. The summed E-state index contributed by atoms with van der Waals surface area (Å²) in [5, 5.41) is 4.05. The Kier molecular flexibility index (Phi) is 3.24. The maximum absolute atomic E-state index is 11.6. The number of anilines is 2. The van der Waals surface area contributed by atoms with Gasteiger partial charge in [0, 0.05) is 25.0 Å². The predicted octanol–water partition coefficient (Wildman–Crippen LogP) is 1.74. The normalized spacial score (nSPS) is 22.0. The second kappa shape index (κ2) is 4.84. The minimum Gasteiger partial charge on any atom is -0.369 e. The van der Waals surface area contributed by atoms with Crippen molar-refractivity contribution in [2.24, 2.45) is 11.1 Å². The standard InChI is InChI=1S/C14H19N5OS/c1-8-6-9-10(17-13(16-3)18-11(9)21-8)19-5-4-14(2,7-19)12(15)20/h6H,4-5,7H2,1-3H3,(H2,15,20)(H,16,17,18). The second-order valence-corrected chi connectivity index (χ2v) is 7.03. The Balaban J connectivity index is 2.06. The van der Waals surface area contributed by atoms with Gasteiger partial charge in [-0.25, -0.2) is 4.98 Å². The van der Waals surface area contributed by atoms with Crippen LogP contribution in [0.4, 0.5) is 11.8 Å². The van der Waals surface area contributed by atoms with Crippen LogP contribution in [0.1, 0.15) is 18.2 Å². The molecule has 1 aliphatic rings. The maximum atomic E-state index is 11.6. The molecular formula is C14H19N5OS. The van der Waals surface area contributed by atoms with E-state index in [1.54, 1.807) is 11.3 Å². The number of aromatic nitrogens is 2. The minimum atomic E-state index is -0.484. The molecule has 1 amide bonds. The molecule has 0 bridgehead atoms. The molecule has 0 aliphatic carbocycles. The van der Waals surface area contributed by atoms with Gasteiger partial charge < -0.3 is 16.0 Å². The number of primary amides is 1. The van der Waals surface area contributed by atoms with Crippen molar-refractivity contribution in [2.75, 3.05) is 30.4 Å². The van der Waals surface area contributed by atoms with E-state index >= 15 is 0 Å². The Morgan fingerprint density at radius 1 is 1.52 bits per heavy atom. The smallest absolute Gasteiger partial charge is 0.225 e. The van der Waals surface area contributed by atoms with Gasteiger partial charge in [0.25, 0.3) is 0 Å². The molecule has 0 spiro atoms. The third-order valence-electron chi connectivity index (χ3n) is 4.09. The van der Waals surface area contributed by atoms with Gasteiger partial charge in [-0.3, -0.25) is 4.79 Å². The van der Waals surface area contributed by atoms with Crippen molar-refractivity contribution in [1.29, 1.82) is 0 Å². The molecule has 0 radical (unpaired) electrons. The van der Waals surface area contributed by atoms with Crippen LogP contribution in [0.15, 0.2) is 6.07 Å². The van der Waals surface area contributed by atoms with E-state index in [0.717, 1.165) is 29.0 Å². The number of carbonyl (C=O) groups excluding carboxylic acids is 1. The fraction of sp³-hybridized carbons (Fsp3) is 0.500. The van der Waals surface area contributed by atoms with E-state index in [1.165, 1.54) is 4.88 Å². The number of fused-ring (bicyclic) bond motifs is 1. The van der Waals surface area contributed by atoms with Crippen LogP contribution in [0, 0.1) is 12.3 Å². The van der Waals surface area contributed by atoms with E-state index in [1.807, 2.05) is 14.0 Å². The Bertz CT molecular complexity index is 713. The SMILES string of the molecule is CNc1nc(N2CCC(C)(C(N)=O)C2)c2cc(C)sc2n1. The van der Waals surface area contributed by atoms with Crippen LogP contribution < -0.4 is 16.0 Å². The van der Waals surface area contributed by atoms with Gasteiger partial charge in [-0.05, 0) is 26.3 Å². The molecule has 1 aliphatic heterocycles. The van der Waals surface area contributed by atoms with E-state index in [0.29, 0.717) is 12.5 Å². The van der Waals surface area contributed by atoms with Crippen molar-refractivity contribution in [3.05, 3.63) is 10.9 Å². The van der Waals surface area contributed by atoms with Crippen molar-refractivity contribution in [3.63, 3.8) is 0 Å². The van der Waals surface area contributed by atoms with Crippen molar-refractivity contribution in [1.82, 2.24) is 9.97 Å². The molecule has 0 saturated carbocycles. The van der Waals surface area contributed by atoms with Crippen LogP contribution in [0.2, 0.25) is 0 Å². The second-order valence-electron chi connectivity index (χ2n) is 5.79. The molecule has 2 aromatic rings. The molecule has 112 valence electrons. The van der Waals surface area contributed by atoms with Crippen molar-refractivity contribution in [3.8, 4) is 0 Å². The summed E-state index contributed by atoms with van der Waals surface area (Å²) >= 11 is 1.65. The molecule has 6 nitrogen and oxygen atoms in total. The molecule has 3 heterocycles. The van der Waals surface area contributed by atoms with E-state index in [4.69, 9.17) is 5.73 Å². The van der Waals surface area contributed by atoms with Crippen LogP contribution in [0.5, 0.6) is 0 Å². The zero-order valence-corrected chi connectivity index (χ0v) is 13.3. The zero-order valence-electron chi connectivity index (χ0n) is 12.4. The number of amides is 1. The van der Waals surface area contributed by atoms with E-state index in [9.17, 15) is 4.79 Å². The largest absolute Gasteiger partial charge is 0.369 e. The van der Waals surface area contributed by atoms with Crippen molar-refractivity contribution < 1.29 is 4.79 Å². The molecule has 1 unspecified atom stereocenters. The summed E-state index contributed by atoms with van der Waals surface area (Å²) in [6, 6.07) is 2.11. The third-order valence-corrected chi connectivity index (χ3v) is 5.03. The van der Waals surface area contributed by atoms with Gasteiger partial charge in [-0.1, -0.05) is 0 Å². The number of nitrogens with one attached hydrogen (secondary N) is 1. The lowest BCUT2D eigenvalue weighted by molar-refractivity contribution is -0.125. The highest BCUT2D eigenvalue weighted by atomic mass is 32.1. The number of aryl methyl sites for hydroxylation is 1. The van der Waals surface area contributed by atoms with Gasteiger partial charge in [0.1, 0.15) is 10.6 Å². The third kappa shape index (κ3) is 2.31. The molecule has 1 fully saturated rings. The highest BCUT2D eigenvalue weighted by Gasteiger charge is 2.40. The summed E-state index contributed by atoms with van der Waals surface area (Å²) < 4.78 is 0. The Hall–Kier alpha value is -1.89. The quantitative estimate of drug-likeness (QED) is 0.902. The van der Waals surface area contributed by atoms with Gasteiger partial charge in [0.05, 0.1) is 10.8 Å². The maximum Gasteiger partial charge on any atom is 0.225 e. The number of hydrogen-bond acceptors (Lipinski definition) is 6. The van der Waals surface area contributed by atoms with Gasteiger partial charge in [-0.2, -0.15) is 4.98 Å². The fourth-order valence-corrected chi connectivity index (χ4v) is 3.60. The first-order valence-electron chi connectivity index (χ1n) is 6.94. The van der Waals surface area contributed by atoms with Crippen molar-refractivity contribution >= 4 is 39.2 Å². The number of rotatable bonds is 3. The number of carbonyl (C=O) groups is 1. The van der Waals surface area contributed by atoms with E-state index in [2.05, 4.69) is 33.2 Å². The van der Waals surface area contributed by atoms with Gasteiger partial charge in [0.15, 0.2) is 0 Å². The lowest BCUT2D eigenvalue weighted by Crippen LogP contribution is -2.37. The van der Waals surface area contributed by atoms with Gasteiger partial charge >= 0.3 is 0 Å². The summed E-state index contributed by atoms with van der Waals surface area (Å²) in [6.45, 7) is 5.37. The average Bonchev–Trinajstić information content (AvgIpc) is 3.00. The van der Waals surface area contributed by atoms with Crippen LogP contribution in [-0.4, -0.2) is 36.0 Å². The first-order valence-corrected chi connectivity index (χ1v) is 7.75. The number of nitrogens with zero attached hydrogens (tertiary/aromatic N) is 3. The zero-order chi connectivity index (χ0) is 15.2. The molecule has 7 heteroatoms. The number of nitrogens with two attached hydrogens (primary N) is 1. The molecule has 3 rings (SSSR count). The number of hydrogen-bond donors (Lipinski definition) is 2. The van der Waals surface area contributed by atoms with Crippen LogP contribution in [0.3, 0.4) is 0 Å². The fourth-order valence-electron chi connectivity index (χ4n) is 2.72. The number of thiophene rings is 1. The lowest BCUT2D eigenvalue weighted by atomic mass is 9.89. The molecule has 2 aromatic heterocycles.